The van der Waals surface area contributed by atoms with Gasteiger partial charge < -0.3 is 10.5 Å². The van der Waals surface area contributed by atoms with Gasteiger partial charge in [0, 0.05) is 0 Å². The van der Waals surface area contributed by atoms with E-state index in [-0.39, 0.29) is 6.61 Å². The first kappa shape index (κ1) is 21.6. The number of nitrogens with zero attached hydrogens (tertiary/aromatic N) is 2. The van der Waals surface area contributed by atoms with E-state index in [1.807, 2.05) is 0 Å². The lowest BCUT2D eigenvalue weighted by Crippen LogP contribution is -2.14. The Morgan fingerprint density at radius 1 is 1.15 bits per heavy atom. The summed E-state index contributed by atoms with van der Waals surface area (Å²) in [6.45, 7) is 1.45. The second-order valence-electron chi connectivity index (χ2n) is 5.03. The van der Waals surface area contributed by atoms with Crippen LogP contribution in [-0.2, 0) is 17.1 Å². The third-order valence-electron chi connectivity index (χ3n) is 3.23. The molecule has 0 saturated carbocycles. The normalized spacial score (nSPS) is 12.3. The summed E-state index contributed by atoms with van der Waals surface area (Å²) in [5.74, 6) is -0.955. The van der Waals surface area contributed by atoms with Crippen molar-refractivity contribution in [1.82, 2.24) is 9.78 Å². The molecule has 0 aliphatic carbocycles. The van der Waals surface area contributed by atoms with Crippen molar-refractivity contribution >= 4 is 46.3 Å². The van der Waals surface area contributed by atoms with Gasteiger partial charge in [0.1, 0.15) is 17.1 Å². The average Bonchev–Trinajstić information content (AvgIpc) is 2.83. The summed E-state index contributed by atoms with van der Waals surface area (Å²) in [6.07, 6.45) is -9.73. The summed E-state index contributed by atoms with van der Waals surface area (Å²) in [4.78, 5) is 0. The standard InChI is InChI=1S/C14H9Cl2F6N3OS/c1-2-26-12(27)9-8(14(20,21)22)11(23)25(24-9)10-6(15)3-5(4-7(10)16)13(17,18)19/h3-4H,2,23H2,1H3. The van der Waals surface area contributed by atoms with E-state index < -0.39 is 55.8 Å². The fourth-order valence-electron chi connectivity index (χ4n) is 2.15. The SMILES string of the molecule is CCOC(=S)c1nn(-c2c(Cl)cc(C(F)(F)F)cc2Cl)c(N)c1C(F)(F)F. The third kappa shape index (κ3) is 4.25. The van der Waals surface area contributed by atoms with Gasteiger partial charge in [0.25, 0.3) is 0 Å². The van der Waals surface area contributed by atoms with Gasteiger partial charge >= 0.3 is 12.4 Å². The summed E-state index contributed by atoms with van der Waals surface area (Å²) in [5.41, 5.74) is 1.69. The molecule has 27 heavy (non-hydrogen) atoms. The molecule has 0 radical (unpaired) electrons. The fourth-order valence-corrected chi connectivity index (χ4v) is 3.06. The summed E-state index contributed by atoms with van der Waals surface area (Å²) in [5, 5.41) is 1.84. The highest BCUT2D eigenvalue weighted by Gasteiger charge is 2.42. The van der Waals surface area contributed by atoms with Crippen molar-refractivity contribution in [3.63, 3.8) is 0 Å². The minimum Gasteiger partial charge on any atom is -0.482 e. The van der Waals surface area contributed by atoms with Crippen LogP contribution in [0.5, 0.6) is 0 Å². The molecule has 2 aromatic rings. The van der Waals surface area contributed by atoms with Crippen LogP contribution in [0.15, 0.2) is 12.1 Å². The van der Waals surface area contributed by atoms with Gasteiger partial charge in [-0.05, 0) is 31.3 Å². The molecule has 0 saturated heterocycles. The van der Waals surface area contributed by atoms with Crippen molar-refractivity contribution in [2.45, 2.75) is 19.3 Å². The molecule has 0 aliphatic rings. The first-order valence-corrected chi connectivity index (χ1v) is 8.14. The predicted molar refractivity (Wildman–Crippen MR) is 91.3 cm³/mol. The zero-order valence-corrected chi connectivity index (χ0v) is 15.5. The predicted octanol–water partition coefficient (Wildman–Crippen LogP) is 5.51. The van der Waals surface area contributed by atoms with Gasteiger partial charge in [-0.15, -0.1) is 0 Å². The molecule has 2 N–H and O–H groups in total. The van der Waals surface area contributed by atoms with Crippen molar-refractivity contribution in [2.24, 2.45) is 0 Å². The molecule has 2 rings (SSSR count). The maximum atomic E-state index is 13.4. The zero-order valence-electron chi connectivity index (χ0n) is 13.2. The van der Waals surface area contributed by atoms with E-state index in [0.29, 0.717) is 16.8 Å². The Labute approximate surface area is 163 Å². The monoisotopic (exact) mass is 451 g/mol. The Hall–Kier alpha value is -1.72. The lowest BCUT2D eigenvalue weighted by molar-refractivity contribution is -0.138. The van der Waals surface area contributed by atoms with Crippen LogP contribution in [-0.4, -0.2) is 21.4 Å². The smallest absolute Gasteiger partial charge is 0.422 e. The topological polar surface area (TPSA) is 53.1 Å². The van der Waals surface area contributed by atoms with E-state index >= 15 is 0 Å². The summed E-state index contributed by atoms with van der Waals surface area (Å²) < 4.78 is 84.0. The summed E-state index contributed by atoms with van der Waals surface area (Å²) >= 11 is 16.4. The Morgan fingerprint density at radius 3 is 2.07 bits per heavy atom. The molecule has 1 aromatic heterocycles. The molecule has 0 spiro atoms. The van der Waals surface area contributed by atoms with Gasteiger partial charge in [-0.1, -0.05) is 23.2 Å². The van der Waals surface area contributed by atoms with Crippen molar-refractivity contribution in [2.75, 3.05) is 12.3 Å². The second kappa shape index (κ2) is 7.36. The van der Waals surface area contributed by atoms with E-state index in [4.69, 9.17) is 45.9 Å². The largest absolute Gasteiger partial charge is 0.482 e. The van der Waals surface area contributed by atoms with E-state index in [2.05, 4.69) is 5.10 Å². The number of anilines is 1. The molecular weight excluding hydrogens is 443 g/mol. The molecule has 0 atom stereocenters. The zero-order chi connectivity index (χ0) is 20.7. The molecule has 1 heterocycles. The fraction of sp³-hybridized carbons (Fsp3) is 0.286. The molecule has 0 bridgehead atoms. The van der Waals surface area contributed by atoms with Crippen LogP contribution >= 0.6 is 35.4 Å². The van der Waals surface area contributed by atoms with Gasteiger partial charge in [0.2, 0.25) is 5.05 Å². The number of alkyl halides is 6. The number of rotatable bonds is 3. The van der Waals surface area contributed by atoms with Gasteiger partial charge in [-0.25, -0.2) is 4.68 Å². The molecule has 13 heteroatoms. The van der Waals surface area contributed by atoms with Gasteiger partial charge in [0.15, 0.2) is 5.69 Å². The molecule has 4 nitrogen and oxygen atoms in total. The molecule has 148 valence electrons. The molecule has 0 amide bonds. The number of thiocarbonyl (C=S) groups is 1. The Bertz CT molecular complexity index is 871. The van der Waals surface area contributed by atoms with E-state index in [1.165, 1.54) is 6.92 Å². The van der Waals surface area contributed by atoms with E-state index in [9.17, 15) is 26.3 Å². The third-order valence-corrected chi connectivity index (χ3v) is 4.12. The number of ether oxygens (including phenoxy) is 1. The maximum Gasteiger partial charge on any atom is 0.422 e. The average molecular weight is 452 g/mol. The highest BCUT2D eigenvalue weighted by molar-refractivity contribution is 7.80. The minimum atomic E-state index is -4.97. The molecule has 0 aliphatic heterocycles. The van der Waals surface area contributed by atoms with Crippen LogP contribution in [0.2, 0.25) is 10.0 Å². The molecule has 0 unspecified atom stereocenters. The van der Waals surface area contributed by atoms with Crippen LogP contribution in [0, 0.1) is 0 Å². The number of hydrogen-bond acceptors (Lipinski definition) is 4. The Morgan fingerprint density at radius 2 is 1.67 bits per heavy atom. The second-order valence-corrected chi connectivity index (χ2v) is 6.21. The molecular formula is C14H9Cl2F6N3OS. The maximum absolute atomic E-state index is 13.4. The lowest BCUT2D eigenvalue weighted by atomic mass is 10.2. The van der Waals surface area contributed by atoms with Gasteiger partial charge in [-0.3, -0.25) is 0 Å². The van der Waals surface area contributed by atoms with Crippen LogP contribution in [0.4, 0.5) is 32.2 Å². The van der Waals surface area contributed by atoms with E-state index in [0.717, 1.165) is 0 Å². The summed E-state index contributed by atoms with van der Waals surface area (Å²) in [6, 6.07) is 0.995. The quantitative estimate of drug-likeness (QED) is 0.493. The minimum absolute atomic E-state index is 0.0370. The number of benzene rings is 1. The van der Waals surface area contributed by atoms with Crippen LogP contribution < -0.4 is 5.73 Å². The number of halogens is 8. The molecule has 0 fully saturated rings. The van der Waals surface area contributed by atoms with Crippen LogP contribution in [0.3, 0.4) is 0 Å². The van der Waals surface area contributed by atoms with Crippen molar-refractivity contribution in [3.05, 3.63) is 39.0 Å². The number of nitrogens with two attached hydrogens (primary N) is 1. The lowest BCUT2D eigenvalue weighted by Gasteiger charge is -2.13. The Balaban J connectivity index is 2.76. The van der Waals surface area contributed by atoms with Crippen molar-refractivity contribution in [3.8, 4) is 5.69 Å². The van der Waals surface area contributed by atoms with Crippen molar-refractivity contribution < 1.29 is 31.1 Å². The summed E-state index contributed by atoms with van der Waals surface area (Å²) in [7, 11) is 0. The number of hydrogen-bond donors (Lipinski definition) is 1. The first-order valence-electron chi connectivity index (χ1n) is 6.98. The first-order chi connectivity index (χ1) is 12.3. The molecule has 1 aromatic carbocycles. The van der Waals surface area contributed by atoms with Crippen LogP contribution in [0.25, 0.3) is 5.69 Å². The number of aromatic nitrogens is 2. The highest BCUT2D eigenvalue weighted by atomic mass is 35.5. The van der Waals surface area contributed by atoms with E-state index in [1.54, 1.807) is 0 Å². The van der Waals surface area contributed by atoms with Gasteiger partial charge in [0.05, 0.1) is 22.2 Å². The highest BCUT2D eigenvalue weighted by Crippen LogP contribution is 2.42. The number of nitrogen functional groups attached to an aromatic ring is 1. The van der Waals surface area contributed by atoms with Gasteiger partial charge in [-0.2, -0.15) is 31.4 Å². The Kier molecular flexibility index (Phi) is 5.88. The van der Waals surface area contributed by atoms with Crippen molar-refractivity contribution in [1.29, 1.82) is 0 Å². The van der Waals surface area contributed by atoms with Crippen LogP contribution in [0.1, 0.15) is 23.7 Å².